The molecule has 0 N–H and O–H groups in total. The maximum Gasteiger partial charge on any atom is 0.248 e. The number of hydrogen-bond donors (Lipinski definition) is 0. The third kappa shape index (κ3) is 3.22. The fourth-order valence-corrected chi connectivity index (χ4v) is 2.07. The molecule has 8 heteroatoms. The van der Waals surface area contributed by atoms with E-state index in [4.69, 9.17) is 27.7 Å². The Kier molecular flexibility index (Phi) is 3.90. The first-order valence-corrected chi connectivity index (χ1v) is 7.06. The summed E-state index contributed by atoms with van der Waals surface area (Å²) in [5.41, 5.74) is 1.50. The van der Waals surface area contributed by atoms with Gasteiger partial charge in [-0.25, -0.2) is 4.68 Å². The van der Waals surface area contributed by atoms with Crippen molar-refractivity contribution in [3.8, 4) is 11.4 Å². The van der Waals surface area contributed by atoms with E-state index in [0.29, 0.717) is 29.0 Å². The highest BCUT2D eigenvalue weighted by atomic mass is 35.5. The smallest absolute Gasteiger partial charge is 0.248 e. The molecule has 2 aromatic heterocycles. The van der Waals surface area contributed by atoms with Gasteiger partial charge in [0.1, 0.15) is 12.2 Å². The lowest BCUT2D eigenvalue weighted by atomic mass is 10.2. The Morgan fingerprint density at radius 2 is 2.24 bits per heavy atom. The van der Waals surface area contributed by atoms with Crippen LogP contribution in [0.2, 0.25) is 5.02 Å². The molecule has 108 valence electrons. The zero-order valence-electron chi connectivity index (χ0n) is 11.1. The molecule has 1 aromatic carbocycles. The number of aromatic nitrogens is 5. The zero-order chi connectivity index (χ0) is 14.8. The summed E-state index contributed by atoms with van der Waals surface area (Å²) in [6.45, 7) is 2.17. The van der Waals surface area contributed by atoms with E-state index in [9.17, 15) is 0 Å². The normalized spacial score (nSPS) is 12.5. The zero-order valence-corrected chi connectivity index (χ0v) is 12.6. The number of rotatable bonds is 4. The van der Waals surface area contributed by atoms with Crippen LogP contribution in [-0.4, -0.2) is 25.1 Å². The van der Waals surface area contributed by atoms with E-state index < -0.39 is 0 Å². The molecule has 0 aliphatic heterocycles. The second-order valence-corrected chi connectivity index (χ2v) is 5.57. The van der Waals surface area contributed by atoms with Crippen molar-refractivity contribution in [2.45, 2.75) is 18.8 Å². The van der Waals surface area contributed by atoms with Gasteiger partial charge < -0.3 is 4.52 Å². The first-order chi connectivity index (χ1) is 10.1. The van der Waals surface area contributed by atoms with Gasteiger partial charge in [0, 0.05) is 10.6 Å². The highest BCUT2D eigenvalue weighted by Crippen LogP contribution is 2.20. The molecule has 2 heterocycles. The molecule has 0 spiro atoms. The van der Waals surface area contributed by atoms with Gasteiger partial charge in [0.05, 0.1) is 11.6 Å². The topological polar surface area (TPSA) is 69.6 Å². The van der Waals surface area contributed by atoms with Crippen molar-refractivity contribution in [1.29, 1.82) is 0 Å². The van der Waals surface area contributed by atoms with Crippen LogP contribution >= 0.6 is 23.2 Å². The molecule has 1 atom stereocenters. The molecule has 1 unspecified atom stereocenters. The van der Waals surface area contributed by atoms with Crippen LogP contribution < -0.4 is 0 Å². The average molecular weight is 324 g/mol. The molecule has 0 fully saturated rings. The van der Waals surface area contributed by atoms with Gasteiger partial charge in [-0.05, 0) is 19.1 Å². The minimum absolute atomic E-state index is 0.191. The number of benzene rings is 1. The van der Waals surface area contributed by atoms with E-state index in [0.717, 1.165) is 5.56 Å². The minimum atomic E-state index is -0.191. The summed E-state index contributed by atoms with van der Waals surface area (Å²) < 4.78 is 6.81. The minimum Gasteiger partial charge on any atom is -0.337 e. The number of halogens is 2. The van der Waals surface area contributed by atoms with Crippen LogP contribution in [0.3, 0.4) is 0 Å². The average Bonchev–Trinajstić information content (AvgIpc) is 3.08. The second kappa shape index (κ2) is 5.83. The Balaban J connectivity index is 1.78. The number of hydrogen-bond acceptors (Lipinski definition) is 5. The van der Waals surface area contributed by atoms with Gasteiger partial charge in [0.25, 0.3) is 0 Å². The summed E-state index contributed by atoms with van der Waals surface area (Å²) in [5.74, 6) is 0.919. The molecule has 0 bridgehead atoms. The van der Waals surface area contributed by atoms with E-state index in [-0.39, 0.29) is 5.38 Å². The summed E-state index contributed by atoms with van der Waals surface area (Å²) in [5, 5.41) is 12.3. The molecule has 0 aliphatic carbocycles. The van der Waals surface area contributed by atoms with Gasteiger partial charge >= 0.3 is 0 Å². The van der Waals surface area contributed by atoms with E-state index in [1.54, 1.807) is 23.0 Å². The van der Waals surface area contributed by atoms with Crippen LogP contribution in [-0.2, 0) is 6.54 Å². The Morgan fingerprint density at radius 1 is 1.38 bits per heavy atom. The van der Waals surface area contributed by atoms with Crippen molar-refractivity contribution in [2.24, 2.45) is 0 Å². The van der Waals surface area contributed by atoms with E-state index in [2.05, 4.69) is 20.5 Å². The Morgan fingerprint density at radius 3 is 2.95 bits per heavy atom. The van der Waals surface area contributed by atoms with Gasteiger partial charge in [0.2, 0.25) is 11.7 Å². The lowest BCUT2D eigenvalue weighted by Crippen LogP contribution is -2.00. The monoisotopic (exact) mass is 323 g/mol. The predicted octanol–water partition coefficient (Wildman–Crippen LogP) is 3.33. The molecular formula is C13H11Cl2N5O. The van der Waals surface area contributed by atoms with Gasteiger partial charge in [-0.15, -0.1) is 16.7 Å². The lowest BCUT2D eigenvalue weighted by Gasteiger charge is -1.95. The number of alkyl halides is 1. The second-order valence-electron chi connectivity index (χ2n) is 4.48. The Bertz CT molecular complexity index is 752. The molecule has 6 nitrogen and oxygen atoms in total. The van der Waals surface area contributed by atoms with E-state index in [1.807, 2.05) is 19.1 Å². The third-order valence-corrected chi connectivity index (χ3v) is 3.27. The van der Waals surface area contributed by atoms with Crippen LogP contribution in [0.15, 0.2) is 35.0 Å². The fraction of sp³-hybridized carbons (Fsp3) is 0.231. The van der Waals surface area contributed by atoms with Crippen LogP contribution in [0.1, 0.15) is 23.9 Å². The van der Waals surface area contributed by atoms with Gasteiger partial charge in [-0.1, -0.05) is 34.1 Å². The van der Waals surface area contributed by atoms with Crippen molar-refractivity contribution in [2.75, 3.05) is 0 Å². The standard InChI is InChI=1S/C13H11Cl2N5O/c1-8(14)11-6-20(19-17-11)7-12-16-13(18-21-12)9-3-2-4-10(15)5-9/h2-6,8H,7H2,1H3. The van der Waals surface area contributed by atoms with E-state index >= 15 is 0 Å². The molecule has 3 rings (SSSR count). The molecule has 0 saturated heterocycles. The maximum atomic E-state index is 5.94. The van der Waals surface area contributed by atoms with Crippen molar-refractivity contribution in [3.63, 3.8) is 0 Å². The van der Waals surface area contributed by atoms with Crippen LogP contribution in [0.5, 0.6) is 0 Å². The molecule has 3 aromatic rings. The van der Waals surface area contributed by atoms with Crippen molar-refractivity contribution in [1.82, 2.24) is 25.1 Å². The molecule has 0 aliphatic rings. The first-order valence-electron chi connectivity index (χ1n) is 6.24. The summed E-state index contributed by atoms with van der Waals surface area (Å²) in [6, 6.07) is 7.26. The highest BCUT2D eigenvalue weighted by Gasteiger charge is 2.12. The largest absolute Gasteiger partial charge is 0.337 e. The Labute approximate surface area is 130 Å². The molecule has 21 heavy (non-hydrogen) atoms. The summed E-state index contributed by atoms with van der Waals surface area (Å²) in [6.07, 6.45) is 1.75. The first kappa shape index (κ1) is 14.0. The summed E-state index contributed by atoms with van der Waals surface area (Å²) >= 11 is 11.9. The summed E-state index contributed by atoms with van der Waals surface area (Å²) in [4.78, 5) is 4.31. The van der Waals surface area contributed by atoms with Crippen LogP contribution in [0.25, 0.3) is 11.4 Å². The fourth-order valence-electron chi connectivity index (χ4n) is 1.78. The van der Waals surface area contributed by atoms with E-state index in [1.165, 1.54) is 0 Å². The maximum absolute atomic E-state index is 5.94. The Hall–Kier alpha value is -1.92. The van der Waals surface area contributed by atoms with Crippen LogP contribution in [0, 0.1) is 0 Å². The molecule has 0 radical (unpaired) electrons. The predicted molar refractivity (Wildman–Crippen MR) is 78.1 cm³/mol. The van der Waals surface area contributed by atoms with Gasteiger partial charge in [-0.2, -0.15) is 4.98 Å². The quantitative estimate of drug-likeness (QED) is 0.689. The van der Waals surface area contributed by atoms with Gasteiger partial charge in [-0.3, -0.25) is 0 Å². The van der Waals surface area contributed by atoms with Crippen molar-refractivity contribution < 1.29 is 4.52 Å². The third-order valence-electron chi connectivity index (χ3n) is 2.81. The SMILES string of the molecule is CC(Cl)c1cn(Cc2nc(-c3cccc(Cl)c3)no2)nn1. The van der Waals surface area contributed by atoms with Crippen molar-refractivity contribution in [3.05, 3.63) is 47.1 Å². The number of nitrogens with zero attached hydrogens (tertiary/aromatic N) is 5. The molecule has 0 saturated carbocycles. The molecular weight excluding hydrogens is 313 g/mol. The molecule has 0 amide bonds. The van der Waals surface area contributed by atoms with Gasteiger partial charge in [0.15, 0.2) is 0 Å². The lowest BCUT2D eigenvalue weighted by molar-refractivity contribution is 0.364. The van der Waals surface area contributed by atoms with Crippen LogP contribution in [0.4, 0.5) is 0 Å². The summed E-state index contributed by atoms with van der Waals surface area (Å²) in [7, 11) is 0. The van der Waals surface area contributed by atoms with Crippen molar-refractivity contribution >= 4 is 23.2 Å². The highest BCUT2D eigenvalue weighted by molar-refractivity contribution is 6.30.